The standard InChI is InChI=1S/C26H30N2O5S/c1-2-7-17(14-24(29)28-12-13-34-16-23(28)25(30)31)27-26(32)33-15-22-20-10-5-3-8-18(20)19-9-4-6-11-21(19)22/h3-6,8-11,17,22-23H,2,7,12-16H2,1H3,(H,27,32)(H,30,31)/t17-,23?/m0/s1. The van der Waals surface area contributed by atoms with Crippen molar-refractivity contribution in [3.8, 4) is 11.1 Å². The SMILES string of the molecule is CCC[C@@H](CC(=O)N1CCSCC1C(=O)O)NC(=O)OCC1c2ccccc2-c2ccccc21. The molecule has 1 unspecified atom stereocenters. The van der Waals surface area contributed by atoms with Crippen molar-refractivity contribution in [2.75, 3.05) is 24.7 Å². The minimum absolute atomic E-state index is 0.0356. The molecule has 2 aliphatic rings. The van der Waals surface area contributed by atoms with Gasteiger partial charge in [-0.3, -0.25) is 4.79 Å². The van der Waals surface area contributed by atoms with E-state index in [-0.39, 0.29) is 24.9 Å². The number of alkyl carbamates (subject to hydrolysis) is 1. The van der Waals surface area contributed by atoms with Gasteiger partial charge in [0.15, 0.2) is 0 Å². The number of nitrogens with one attached hydrogen (secondary N) is 1. The molecule has 2 atom stereocenters. The van der Waals surface area contributed by atoms with Crippen LogP contribution in [0.2, 0.25) is 0 Å². The van der Waals surface area contributed by atoms with Gasteiger partial charge < -0.3 is 20.1 Å². The van der Waals surface area contributed by atoms with Crippen molar-refractivity contribution >= 4 is 29.7 Å². The highest BCUT2D eigenvalue weighted by atomic mass is 32.2. The normalized spacial score (nSPS) is 18.0. The summed E-state index contributed by atoms with van der Waals surface area (Å²) in [6, 6.07) is 15.1. The highest BCUT2D eigenvalue weighted by Crippen LogP contribution is 2.44. The second kappa shape index (κ2) is 11.0. The number of carboxylic acids is 1. The molecule has 2 amide bonds. The monoisotopic (exact) mass is 482 g/mol. The lowest BCUT2D eigenvalue weighted by Crippen LogP contribution is -2.52. The maximum Gasteiger partial charge on any atom is 0.407 e. The smallest absolute Gasteiger partial charge is 0.407 e. The minimum Gasteiger partial charge on any atom is -0.480 e. The summed E-state index contributed by atoms with van der Waals surface area (Å²) in [6.45, 7) is 2.59. The molecular formula is C26H30N2O5S. The Morgan fingerprint density at radius 2 is 1.76 bits per heavy atom. The molecule has 2 aromatic rings. The molecule has 180 valence electrons. The molecule has 2 aromatic carbocycles. The average Bonchev–Trinajstić information content (AvgIpc) is 3.16. The number of hydrogen-bond acceptors (Lipinski definition) is 5. The zero-order valence-electron chi connectivity index (χ0n) is 19.2. The van der Waals surface area contributed by atoms with Crippen LogP contribution in [0.4, 0.5) is 4.79 Å². The third kappa shape index (κ3) is 5.22. The van der Waals surface area contributed by atoms with E-state index in [4.69, 9.17) is 4.74 Å². The van der Waals surface area contributed by atoms with Crippen molar-refractivity contribution in [1.82, 2.24) is 10.2 Å². The quantitative estimate of drug-likeness (QED) is 0.588. The van der Waals surface area contributed by atoms with E-state index in [1.165, 1.54) is 16.7 Å². The van der Waals surface area contributed by atoms with Crippen molar-refractivity contribution in [3.05, 3.63) is 59.7 Å². The molecule has 2 N–H and O–H groups in total. The summed E-state index contributed by atoms with van der Waals surface area (Å²) in [7, 11) is 0. The second-order valence-corrected chi connectivity index (χ2v) is 9.83. The van der Waals surface area contributed by atoms with E-state index in [0.29, 0.717) is 24.5 Å². The third-order valence-electron chi connectivity index (χ3n) is 6.46. The van der Waals surface area contributed by atoms with E-state index < -0.39 is 24.1 Å². The third-order valence-corrected chi connectivity index (χ3v) is 7.48. The molecule has 34 heavy (non-hydrogen) atoms. The van der Waals surface area contributed by atoms with Crippen molar-refractivity contribution in [1.29, 1.82) is 0 Å². The number of carbonyl (C=O) groups excluding carboxylic acids is 2. The van der Waals surface area contributed by atoms with Crippen LogP contribution < -0.4 is 5.32 Å². The van der Waals surface area contributed by atoms with Crippen molar-refractivity contribution in [3.63, 3.8) is 0 Å². The van der Waals surface area contributed by atoms with Crippen LogP contribution in [0.15, 0.2) is 48.5 Å². The Bertz CT molecular complexity index is 1010. The van der Waals surface area contributed by atoms with Gasteiger partial charge in [0.25, 0.3) is 0 Å². The maximum atomic E-state index is 12.9. The van der Waals surface area contributed by atoms with Crippen LogP contribution in [0.1, 0.15) is 43.2 Å². The van der Waals surface area contributed by atoms with Gasteiger partial charge >= 0.3 is 12.1 Å². The summed E-state index contributed by atoms with van der Waals surface area (Å²) < 4.78 is 5.63. The van der Waals surface area contributed by atoms with Gasteiger partial charge in [0.05, 0.1) is 0 Å². The minimum atomic E-state index is -0.989. The number of amides is 2. The zero-order valence-corrected chi connectivity index (χ0v) is 20.1. The Morgan fingerprint density at radius 1 is 1.12 bits per heavy atom. The fourth-order valence-electron chi connectivity index (χ4n) is 4.82. The summed E-state index contributed by atoms with van der Waals surface area (Å²) in [5.74, 6) is -0.165. The molecule has 0 aromatic heterocycles. The van der Waals surface area contributed by atoms with Gasteiger partial charge in [0, 0.05) is 36.4 Å². The molecule has 4 rings (SSSR count). The molecule has 1 aliphatic heterocycles. The Balaban J connectivity index is 1.37. The topological polar surface area (TPSA) is 95.9 Å². The molecular weight excluding hydrogens is 452 g/mol. The molecule has 0 bridgehead atoms. The van der Waals surface area contributed by atoms with Crippen LogP contribution >= 0.6 is 11.8 Å². The fraction of sp³-hybridized carbons (Fsp3) is 0.423. The van der Waals surface area contributed by atoms with Gasteiger partial charge in [-0.25, -0.2) is 9.59 Å². The number of aliphatic carboxylic acids is 1. The summed E-state index contributed by atoms with van der Waals surface area (Å²) >= 11 is 1.54. The highest BCUT2D eigenvalue weighted by molar-refractivity contribution is 7.99. The van der Waals surface area contributed by atoms with Crippen LogP contribution in [0.3, 0.4) is 0 Å². The van der Waals surface area contributed by atoms with Gasteiger partial charge in [0.2, 0.25) is 5.91 Å². The van der Waals surface area contributed by atoms with E-state index in [1.54, 1.807) is 0 Å². The molecule has 1 heterocycles. The number of ether oxygens (including phenoxy) is 1. The zero-order chi connectivity index (χ0) is 24.1. The van der Waals surface area contributed by atoms with Gasteiger partial charge in [-0.15, -0.1) is 0 Å². The number of thioether (sulfide) groups is 1. The van der Waals surface area contributed by atoms with E-state index in [1.807, 2.05) is 31.2 Å². The number of benzene rings is 2. The van der Waals surface area contributed by atoms with Crippen molar-refractivity contribution in [2.45, 2.75) is 44.2 Å². The highest BCUT2D eigenvalue weighted by Gasteiger charge is 2.34. The first-order valence-electron chi connectivity index (χ1n) is 11.7. The number of nitrogens with zero attached hydrogens (tertiary/aromatic N) is 1. The average molecular weight is 483 g/mol. The second-order valence-electron chi connectivity index (χ2n) is 8.68. The summed E-state index contributed by atoms with van der Waals surface area (Å²) in [4.78, 5) is 38.5. The first kappa shape index (κ1) is 24.1. The van der Waals surface area contributed by atoms with Crippen LogP contribution in [0.5, 0.6) is 0 Å². The Hall–Kier alpha value is -3.00. The largest absolute Gasteiger partial charge is 0.480 e. The van der Waals surface area contributed by atoms with Crippen LogP contribution in [-0.4, -0.2) is 64.7 Å². The molecule has 1 fully saturated rings. The van der Waals surface area contributed by atoms with Crippen molar-refractivity contribution in [2.24, 2.45) is 0 Å². The van der Waals surface area contributed by atoms with Crippen molar-refractivity contribution < 1.29 is 24.2 Å². The van der Waals surface area contributed by atoms with E-state index in [0.717, 1.165) is 28.7 Å². The van der Waals surface area contributed by atoms with E-state index in [9.17, 15) is 19.5 Å². The molecule has 0 saturated carbocycles. The Morgan fingerprint density at radius 3 is 2.38 bits per heavy atom. The molecule has 0 radical (unpaired) electrons. The number of carboxylic acid groups (broad SMARTS) is 1. The molecule has 1 saturated heterocycles. The van der Waals surface area contributed by atoms with Crippen LogP contribution in [-0.2, 0) is 14.3 Å². The predicted molar refractivity (Wildman–Crippen MR) is 132 cm³/mol. The predicted octanol–water partition coefficient (Wildman–Crippen LogP) is 4.11. The summed E-state index contributed by atoms with van der Waals surface area (Å²) in [5.41, 5.74) is 4.60. The van der Waals surface area contributed by atoms with Gasteiger partial charge in [-0.2, -0.15) is 11.8 Å². The summed E-state index contributed by atoms with van der Waals surface area (Å²) in [5, 5.41) is 12.3. The first-order chi connectivity index (χ1) is 16.5. The lowest BCUT2D eigenvalue weighted by molar-refractivity contribution is -0.149. The van der Waals surface area contributed by atoms with Crippen LogP contribution in [0.25, 0.3) is 11.1 Å². The van der Waals surface area contributed by atoms with E-state index in [2.05, 4.69) is 29.6 Å². The number of rotatable bonds is 8. The number of hydrogen-bond donors (Lipinski definition) is 2. The van der Waals surface area contributed by atoms with E-state index >= 15 is 0 Å². The number of carbonyl (C=O) groups is 3. The number of fused-ring (bicyclic) bond motifs is 3. The lowest BCUT2D eigenvalue weighted by Gasteiger charge is -2.33. The maximum absolute atomic E-state index is 12.9. The molecule has 8 heteroatoms. The Kier molecular flexibility index (Phi) is 7.77. The van der Waals surface area contributed by atoms with Gasteiger partial charge in [0.1, 0.15) is 12.6 Å². The van der Waals surface area contributed by atoms with Crippen LogP contribution in [0, 0.1) is 0 Å². The first-order valence-corrected chi connectivity index (χ1v) is 12.9. The van der Waals surface area contributed by atoms with Gasteiger partial charge in [-0.1, -0.05) is 61.9 Å². The Labute approximate surface area is 203 Å². The van der Waals surface area contributed by atoms with Gasteiger partial charge in [-0.05, 0) is 28.7 Å². The lowest BCUT2D eigenvalue weighted by atomic mass is 9.98. The molecule has 7 nitrogen and oxygen atoms in total. The molecule has 1 aliphatic carbocycles. The summed E-state index contributed by atoms with van der Waals surface area (Å²) in [6.07, 6.45) is 0.889. The molecule has 0 spiro atoms. The fourth-order valence-corrected chi connectivity index (χ4v) is 5.85.